The first-order valence-electron chi connectivity index (χ1n) is 4.90. The third kappa shape index (κ3) is 2.63. The van der Waals surface area contributed by atoms with Crippen molar-refractivity contribution in [2.45, 2.75) is 6.54 Å². The molecule has 1 heterocycles. The van der Waals surface area contributed by atoms with E-state index in [1.54, 1.807) is 19.2 Å². The summed E-state index contributed by atoms with van der Waals surface area (Å²) in [6.45, 7) is 0.355. The summed E-state index contributed by atoms with van der Waals surface area (Å²) < 4.78 is 12.7. The lowest BCUT2D eigenvalue weighted by Gasteiger charge is -2.14. The molecular formula is C10H10FN5O. The fraction of sp³-hybridized carbons (Fsp3) is 0.200. The first-order valence-corrected chi connectivity index (χ1v) is 4.90. The number of hydrogen-bond donors (Lipinski definition) is 1. The van der Waals surface area contributed by atoms with E-state index in [-0.39, 0.29) is 17.5 Å². The van der Waals surface area contributed by atoms with E-state index in [2.05, 4.69) is 20.6 Å². The Morgan fingerprint density at radius 3 is 2.71 bits per heavy atom. The Morgan fingerprint density at radius 2 is 2.12 bits per heavy atom. The molecule has 0 unspecified atom stereocenters. The van der Waals surface area contributed by atoms with Gasteiger partial charge in [-0.1, -0.05) is 12.1 Å². The Balaban J connectivity index is 2.04. The highest BCUT2D eigenvalue weighted by atomic mass is 19.1. The first kappa shape index (κ1) is 11.2. The molecule has 0 fully saturated rings. The van der Waals surface area contributed by atoms with E-state index >= 15 is 0 Å². The lowest BCUT2D eigenvalue weighted by molar-refractivity contribution is 0.0773. The molecular weight excluding hydrogens is 225 g/mol. The molecule has 7 heteroatoms. The van der Waals surface area contributed by atoms with Gasteiger partial charge in [-0.05, 0) is 22.9 Å². The molecule has 0 aliphatic rings. The van der Waals surface area contributed by atoms with Crippen molar-refractivity contribution >= 4 is 5.91 Å². The van der Waals surface area contributed by atoms with E-state index in [4.69, 9.17) is 0 Å². The van der Waals surface area contributed by atoms with Gasteiger partial charge in [-0.15, -0.1) is 10.2 Å². The molecule has 0 saturated carbocycles. The minimum Gasteiger partial charge on any atom is -0.335 e. The number of rotatable bonds is 3. The number of tetrazole rings is 1. The lowest BCUT2D eigenvalue weighted by Crippen LogP contribution is -2.27. The zero-order valence-electron chi connectivity index (χ0n) is 9.09. The van der Waals surface area contributed by atoms with Crippen molar-refractivity contribution in [1.82, 2.24) is 25.5 Å². The van der Waals surface area contributed by atoms with Gasteiger partial charge in [0.05, 0.1) is 0 Å². The largest absolute Gasteiger partial charge is 0.335 e. The van der Waals surface area contributed by atoms with Gasteiger partial charge in [0.1, 0.15) is 5.82 Å². The van der Waals surface area contributed by atoms with Crippen LogP contribution in [0, 0.1) is 5.82 Å². The molecule has 2 aromatic rings. The lowest BCUT2D eigenvalue weighted by atomic mass is 10.2. The zero-order chi connectivity index (χ0) is 12.3. The van der Waals surface area contributed by atoms with Crippen molar-refractivity contribution in [2.75, 3.05) is 7.05 Å². The fourth-order valence-corrected chi connectivity index (χ4v) is 1.36. The van der Waals surface area contributed by atoms with Gasteiger partial charge in [-0.25, -0.2) is 4.39 Å². The summed E-state index contributed by atoms with van der Waals surface area (Å²) in [6.07, 6.45) is 0. The molecule has 0 aliphatic carbocycles. The summed E-state index contributed by atoms with van der Waals surface area (Å²) >= 11 is 0. The average Bonchev–Trinajstić information content (AvgIpc) is 2.84. The Kier molecular flexibility index (Phi) is 3.08. The molecule has 0 saturated heterocycles. The number of halogens is 1. The normalized spacial score (nSPS) is 10.2. The van der Waals surface area contributed by atoms with Crippen LogP contribution >= 0.6 is 0 Å². The van der Waals surface area contributed by atoms with Gasteiger partial charge in [-0.2, -0.15) is 5.21 Å². The maximum absolute atomic E-state index is 12.7. The molecule has 0 aliphatic heterocycles. The molecule has 0 radical (unpaired) electrons. The molecule has 1 N–H and O–H groups in total. The molecule has 0 spiro atoms. The second kappa shape index (κ2) is 4.69. The first-order chi connectivity index (χ1) is 8.16. The van der Waals surface area contributed by atoms with Crippen LogP contribution in [-0.4, -0.2) is 38.5 Å². The van der Waals surface area contributed by atoms with Crippen molar-refractivity contribution < 1.29 is 9.18 Å². The third-order valence-electron chi connectivity index (χ3n) is 2.22. The number of hydrogen-bond acceptors (Lipinski definition) is 4. The molecule has 2 rings (SSSR count). The number of carbonyl (C=O) groups excluding carboxylic acids is 1. The Labute approximate surface area is 96.4 Å². The van der Waals surface area contributed by atoms with E-state index in [9.17, 15) is 9.18 Å². The third-order valence-corrected chi connectivity index (χ3v) is 2.22. The summed E-state index contributed by atoms with van der Waals surface area (Å²) in [5, 5.41) is 12.7. The van der Waals surface area contributed by atoms with E-state index in [1.807, 2.05) is 0 Å². The number of nitrogens with zero attached hydrogens (tertiary/aromatic N) is 4. The highest BCUT2D eigenvalue weighted by Crippen LogP contribution is 2.06. The predicted octanol–water partition coefficient (Wildman–Crippen LogP) is 0.611. The summed E-state index contributed by atoms with van der Waals surface area (Å²) in [6, 6.07) is 5.94. The van der Waals surface area contributed by atoms with Crippen LogP contribution in [0.15, 0.2) is 24.3 Å². The Hall–Kier alpha value is -2.31. The molecule has 0 bridgehead atoms. The molecule has 1 aromatic heterocycles. The predicted molar refractivity (Wildman–Crippen MR) is 56.4 cm³/mol. The van der Waals surface area contributed by atoms with Gasteiger partial charge in [0.2, 0.25) is 0 Å². The summed E-state index contributed by atoms with van der Waals surface area (Å²) in [5.41, 5.74) is 0.825. The van der Waals surface area contributed by atoms with Crippen LogP contribution in [0.25, 0.3) is 0 Å². The number of aromatic amines is 1. The molecule has 17 heavy (non-hydrogen) atoms. The number of nitrogens with one attached hydrogen (secondary N) is 1. The summed E-state index contributed by atoms with van der Waals surface area (Å²) in [4.78, 5) is 13.2. The Bertz CT molecular complexity index is 496. The van der Waals surface area contributed by atoms with E-state index in [1.165, 1.54) is 17.0 Å². The number of benzene rings is 1. The van der Waals surface area contributed by atoms with Crippen LogP contribution in [0.3, 0.4) is 0 Å². The highest BCUT2D eigenvalue weighted by molar-refractivity contribution is 5.89. The maximum atomic E-state index is 12.7. The maximum Gasteiger partial charge on any atom is 0.295 e. The van der Waals surface area contributed by atoms with Crippen LogP contribution in [-0.2, 0) is 6.54 Å². The van der Waals surface area contributed by atoms with Crippen LogP contribution in [0.2, 0.25) is 0 Å². The second-order valence-electron chi connectivity index (χ2n) is 3.52. The van der Waals surface area contributed by atoms with Crippen molar-refractivity contribution in [2.24, 2.45) is 0 Å². The zero-order valence-corrected chi connectivity index (χ0v) is 9.09. The quantitative estimate of drug-likeness (QED) is 0.845. The van der Waals surface area contributed by atoms with Crippen molar-refractivity contribution in [1.29, 1.82) is 0 Å². The smallest absolute Gasteiger partial charge is 0.295 e. The second-order valence-corrected chi connectivity index (χ2v) is 3.52. The van der Waals surface area contributed by atoms with E-state index in [0.29, 0.717) is 6.54 Å². The van der Waals surface area contributed by atoms with Crippen LogP contribution < -0.4 is 0 Å². The SMILES string of the molecule is CN(Cc1ccc(F)cc1)C(=O)c1nn[nH]n1. The van der Waals surface area contributed by atoms with Gasteiger partial charge in [0.15, 0.2) is 0 Å². The van der Waals surface area contributed by atoms with E-state index in [0.717, 1.165) is 5.56 Å². The number of aromatic nitrogens is 4. The molecule has 0 atom stereocenters. The van der Waals surface area contributed by atoms with E-state index < -0.39 is 0 Å². The molecule has 6 nitrogen and oxygen atoms in total. The van der Waals surface area contributed by atoms with Crippen LogP contribution in [0.5, 0.6) is 0 Å². The molecule has 1 aromatic carbocycles. The monoisotopic (exact) mass is 235 g/mol. The highest BCUT2D eigenvalue weighted by Gasteiger charge is 2.16. The van der Waals surface area contributed by atoms with Gasteiger partial charge >= 0.3 is 0 Å². The Morgan fingerprint density at radius 1 is 1.41 bits per heavy atom. The van der Waals surface area contributed by atoms with Gasteiger partial charge < -0.3 is 4.90 Å². The number of H-pyrrole nitrogens is 1. The van der Waals surface area contributed by atoms with Crippen molar-refractivity contribution in [3.63, 3.8) is 0 Å². The standard InChI is InChI=1S/C10H10FN5O/c1-16(10(17)9-12-14-15-13-9)6-7-2-4-8(11)5-3-7/h2-5H,6H2,1H3,(H,12,13,14,15). The summed E-state index contributed by atoms with van der Waals surface area (Å²) in [7, 11) is 1.61. The van der Waals surface area contributed by atoms with Crippen LogP contribution in [0.1, 0.15) is 16.2 Å². The minimum absolute atomic E-state index is 0.00890. The molecule has 88 valence electrons. The summed E-state index contributed by atoms with van der Waals surface area (Å²) in [5.74, 6) is -0.640. The number of amides is 1. The average molecular weight is 235 g/mol. The molecule has 1 amide bonds. The van der Waals surface area contributed by atoms with Gasteiger partial charge in [0, 0.05) is 13.6 Å². The van der Waals surface area contributed by atoms with Crippen molar-refractivity contribution in [3.05, 3.63) is 41.5 Å². The fourth-order valence-electron chi connectivity index (χ4n) is 1.36. The number of carbonyl (C=O) groups is 1. The van der Waals surface area contributed by atoms with Crippen LogP contribution in [0.4, 0.5) is 4.39 Å². The van der Waals surface area contributed by atoms with Gasteiger partial charge in [0.25, 0.3) is 11.7 Å². The topological polar surface area (TPSA) is 74.8 Å². The van der Waals surface area contributed by atoms with Gasteiger partial charge in [-0.3, -0.25) is 4.79 Å². The minimum atomic E-state index is -0.344. The van der Waals surface area contributed by atoms with Crippen molar-refractivity contribution in [3.8, 4) is 0 Å².